The van der Waals surface area contributed by atoms with Gasteiger partial charge in [-0.2, -0.15) is 0 Å². The van der Waals surface area contributed by atoms with Gasteiger partial charge in [0.25, 0.3) is 5.91 Å². The number of hydrogen-bond donors (Lipinski definition) is 1. The lowest BCUT2D eigenvalue weighted by atomic mass is 9.89. The highest BCUT2D eigenvalue weighted by molar-refractivity contribution is 5.95. The normalized spacial score (nSPS) is 19.1. The Hall–Kier alpha value is -2.82. The van der Waals surface area contributed by atoms with Gasteiger partial charge in [0.15, 0.2) is 0 Å². The highest BCUT2D eigenvalue weighted by atomic mass is 16.5. The predicted molar refractivity (Wildman–Crippen MR) is 103 cm³/mol. The third-order valence-corrected chi connectivity index (χ3v) is 5.02. The van der Waals surface area contributed by atoms with Crippen molar-refractivity contribution in [3.05, 3.63) is 65.7 Å². The lowest BCUT2D eigenvalue weighted by Crippen LogP contribution is -2.29. The second-order valence-electron chi connectivity index (χ2n) is 6.90. The Morgan fingerprint density at radius 3 is 2.41 bits per heavy atom. The van der Waals surface area contributed by atoms with E-state index in [0.29, 0.717) is 18.7 Å². The minimum atomic E-state index is -0.862. The zero-order chi connectivity index (χ0) is 19.2. The molecule has 1 heterocycles. The highest BCUT2D eigenvalue weighted by Crippen LogP contribution is 2.33. The lowest BCUT2D eigenvalue weighted by Gasteiger charge is -2.17. The van der Waals surface area contributed by atoms with Crippen LogP contribution in [-0.4, -0.2) is 41.6 Å². The van der Waals surface area contributed by atoms with E-state index in [1.54, 1.807) is 29.2 Å². The van der Waals surface area contributed by atoms with Crippen molar-refractivity contribution in [3.8, 4) is 5.75 Å². The number of likely N-dealkylation sites (tertiary alicyclic amines) is 1. The van der Waals surface area contributed by atoms with Crippen molar-refractivity contribution in [1.82, 2.24) is 4.90 Å². The van der Waals surface area contributed by atoms with Crippen molar-refractivity contribution in [2.24, 2.45) is 5.92 Å². The van der Waals surface area contributed by atoms with E-state index in [4.69, 9.17) is 4.74 Å². The van der Waals surface area contributed by atoms with Crippen LogP contribution in [0, 0.1) is 5.92 Å². The standard InChI is InChI=1S/C22H25NO4/c1-2-3-13-27-18-11-9-17(10-12-18)21(24)23-14-19(20(15-23)22(25)26)16-7-5-4-6-8-16/h4-12,19-20H,2-3,13-15H2,1H3,(H,25,26). The first kappa shape index (κ1) is 19.0. The van der Waals surface area contributed by atoms with Gasteiger partial charge in [-0.15, -0.1) is 0 Å². The molecule has 2 unspecified atom stereocenters. The maximum absolute atomic E-state index is 12.9. The SMILES string of the molecule is CCCCOc1ccc(C(=O)N2CC(C(=O)O)C(c3ccccc3)C2)cc1. The summed E-state index contributed by atoms with van der Waals surface area (Å²) in [6.45, 7) is 3.40. The number of benzene rings is 2. The molecule has 2 atom stereocenters. The molecule has 0 aliphatic carbocycles. The van der Waals surface area contributed by atoms with Crippen LogP contribution >= 0.6 is 0 Å². The summed E-state index contributed by atoms with van der Waals surface area (Å²) in [6, 6.07) is 16.6. The number of unbranched alkanes of at least 4 members (excludes halogenated alkanes) is 1. The van der Waals surface area contributed by atoms with Crippen molar-refractivity contribution in [2.45, 2.75) is 25.7 Å². The second kappa shape index (κ2) is 8.71. The molecule has 27 heavy (non-hydrogen) atoms. The summed E-state index contributed by atoms with van der Waals surface area (Å²) in [6.07, 6.45) is 2.06. The van der Waals surface area contributed by atoms with E-state index in [0.717, 1.165) is 24.2 Å². The van der Waals surface area contributed by atoms with Crippen LogP contribution in [0.1, 0.15) is 41.6 Å². The fourth-order valence-electron chi connectivity index (χ4n) is 3.47. The molecule has 1 aliphatic rings. The zero-order valence-electron chi connectivity index (χ0n) is 15.5. The molecule has 1 fully saturated rings. The third kappa shape index (κ3) is 4.48. The minimum absolute atomic E-state index is 0.139. The largest absolute Gasteiger partial charge is 0.494 e. The first-order valence-electron chi connectivity index (χ1n) is 9.40. The highest BCUT2D eigenvalue weighted by Gasteiger charge is 2.40. The maximum Gasteiger partial charge on any atom is 0.308 e. The van der Waals surface area contributed by atoms with Gasteiger partial charge in [-0.25, -0.2) is 0 Å². The number of carbonyl (C=O) groups excluding carboxylic acids is 1. The Balaban J connectivity index is 1.70. The molecule has 5 heteroatoms. The van der Waals surface area contributed by atoms with E-state index in [9.17, 15) is 14.7 Å². The van der Waals surface area contributed by atoms with Crippen LogP contribution in [0.15, 0.2) is 54.6 Å². The van der Waals surface area contributed by atoms with Crippen LogP contribution in [0.2, 0.25) is 0 Å². The van der Waals surface area contributed by atoms with Gasteiger partial charge in [0.05, 0.1) is 12.5 Å². The van der Waals surface area contributed by atoms with Crippen LogP contribution in [-0.2, 0) is 4.79 Å². The zero-order valence-corrected chi connectivity index (χ0v) is 15.5. The van der Waals surface area contributed by atoms with Gasteiger partial charge in [-0.1, -0.05) is 43.7 Å². The summed E-state index contributed by atoms with van der Waals surface area (Å²) in [5.74, 6) is -1.04. The summed E-state index contributed by atoms with van der Waals surface area (Å²) in [4.78, 5) is 26.2. The van der Waals surface area contributed by atoms with E-state index in [2.05, 4.69) is 6.92 Å². The number of carboxylic acid groups (broad SMARTS) is 1. The van der Waals surface area contributed by atoms with Gasteiger partial charge >= 0.3 is 5.97 Å². The van der Waals surface area contributed by atoms with E-state index in [-0.39, 0.29) is 18.4 Å². The molecule has 5 nitrogen and oxygen atoms in total. The van der Waals surface area contributed by atoms with E-state index < -0.39 is 11.9 Å². The molecular formula is C22H25NO4. The van der Waals surface area contributed by atoms with Crippen LogP contribution in [0.3, 0.4) is 0 Å². The summed E-state index contributed by atoms with van der Waals surface area (Å²) in [5, 5.41) is 9.60. The molecule has 1 N–H and O–H groups in total. The summed E-state index contributed by atoms with van der Waals surface area (Å²) < 4.78 is 5.63. The molecule has 0 aromatic heterocycles. The van der Waals surface area contributed by atoms with E-state index in [1.807, 2.05) is 30.3 Å². The van der Waals surface area contributed by atoms with Crippen LogP contribution in [0.4, 0.5) is 0 Å². The molecule has 2 aromatic carbocycles. The number of amides is 1. The first-order chi connectivity index (χ1) is 13.1. The summed E-state index contributed by atoms with van der Waals surface area (Å²) >= 11 is 0. The van der Waals surface area contributed by atoms with Crippen molar-refractivity contribution >= 4 is 11.9 Å². The van der Waals surface area contributed by atoms with Gasteiger partial charge in [-0.05, 0) is 36.2 Å². The Morgan fingerprint density at radius 1 is 1.07 bits per heavy atom. The van der Waals surface area contributed by atoms with Crippen LogP contribution < -0.4 is 4.74 Å². The Bertz CT molecular complexity index is 773. The van der Waals surface area contributed by atoms with Gasteiger partial charge in [0.2, 0.25) is 0 Å². The van der Waals surface area contributed by atoms with E-state index >= 15 is 0 Å². The van der Waals surface area contributed by atoms with Crippen molar-refractivity contribution < 1.29 is 19.4 Å². The lowest BCUT2D eigenvalue weighted by molar-refractivity contribution is -0.141. The average Bonchev–Trinajstić information content (AvgIpc) is 3.15. The van der Waals surface area contributed by atoms with Gasteiger partial charge in [-0.3, -0.25) is 9.59 Å². The van der Waals surface area contributed by atoms with Gasteiger partial charge in [0, 0.05) is 24.6 Å². The number of carboxylic acids is 1. The van der Waals surface area contributed by atoms with Gasteiger partial charge in [0.1, 0.15) is 5.75 Å². The Labute approximate surface area is 159 Å². The van der Waals surface area contributed by atoms with Crippen molar-refractivity contribution in [2.75, 3.05) is 19.7 Å². The van der Waals surface area contributed by atoms with E-state index in [1.165, 1.54) is 0 Å². The average molecular weight is 367 g/mol. The minimum Gasteiger partial charge on any atom is -0.494 e. The summed E-state index contributed by atoms with van der Waals surface area (Å²) in [7, 11) is 0. The number of nitrogens with zero attached hydrogens (tertiary/aromatic N) is 1. The van der Waals surface area contributed by atoms with Crippen molar-refractivity contribution in [3.63, 3.8) is 0 Å². The molecule has 0 radical (unpaired) electrons. The molecule has 0 bridgehead atoms. The molecule has 2 aromatic rings. The first-order valence-corrected chi connectivity index (χ1v) is 9.40. The number of hydrogen-bond acceptors (Lipinski definition) is 3. The van der Waals surface area contributed by atoms with Crippen LogP contribution in [0.25, 0.3) is 0 Å². The number of carbonyl (C=O) groups is 2. The fourth-order valence-corrected chi connectivity index (χ4v) is 3.47. The molecule has 0 spiro atoms. The third-order valence-electron chi connectivity index (χ3n) is 5.02. The quantitative estimate of drug-likeness (QED) is 0.756. The Morgan fingerprint density at radius 2 is 1.78 bits per heavy atom. The molecule has 3 rings (SSSR count). The molecule has 1 amide bonds. The molecular weight excluding hydrogens is 342 g/mol. The number of ether oxygens (including phenoxy) is 1. The van der Waals surface area contributed by atoms with Gasteiger partial charge < -0.3 is 14.7 Å². The van der Waals surface area contributed by atoms with Crippen molar-refractivity contribution in [1.29, 1.82) is 0 Å². The number of rotatable bonds is 7. The smallest absolute Gasteiger partial charge is 0.308 e. The molecule has 142 valence electrons. The molecule has 0 saturated carbocycles. The van der Waals surface area contributed by atoms with Crippen LogP contribution in [0.5, 0.6) is 5.75 Å². The monoisotopic (exact) mass is 367 g/mol. The molecule has 1 aliphatic heterocycles. The topological polar surface area (TPSA) is 66.8 Å². The Kier molecular flexibility index (Phi) is 6.12. The maximum atomic E-state index is 12.9. The second-order valence-corrected chi connectivity index (χ2v) is 6.90. The summed E-state index contributed by atoms with van der Waals surface area (Å²) in [5.41, 5.74) is 1.51. The predicted octanol–water partition coefficient (Wildman–Crippen LogP) is 3.81. The number of aliphatic carboxylic acids is 1. The molecule has 1 saturated heterocycles. The fraction of sp³-hybridized carbons (Fsp3) is 0.364.